The smallest absolute Gasteiger partial charge is 0.339 e. The predicted molar refractivity (Wildman–Crippen MR) is 84.1 cm³/mol. The minimum atomic E-state index is -1.08. The Bertz CT molecular complexity index is 514. The fraction of sp³-hybridized carbons (Fsp3) is 0.429. The Morgan fingerprint density at radius 3 is 2.60 bits per heavy atom. The molecule has 20 heavy (non-hydrogen) atoms. The van der Waals surface area contributed by atoms with Crippen molar-refractivity contribution in [2.45, 2.75) is 32.7 Å². The highest BCUT2D eigenvalue weighted by atomic mass is 127. The number of rotatable bonds is 6. The number of benzene rings is 1. The Balaban J connectivity index is 2.71. The van der Waals surface area contributed by atoms with Crippen molar-refractivity contribution in [2.24, 2.45) is 0 Å². The highest BCUT2D eigenvalue weighted by Gasteiger charge is 2.19. The molecule has 0 unspecified atom stereocenters. The van der Waals surface area contributed by atoms with Crippen LogP contribution in [0.1, 0.15) is 37.6 Å². The summed E-state index contributed by atoms with van der Waals surface area (Å²) in [6.45, 7) is 5.60. The second-order valence-electron chi connectivity index (χ2n) is 5.02. The van der Waals surface area contributed by atoms with E-state index in [1.54, 1.807) is 12.1 Å². The quantitative estimate of drug-likeness (QED) is 0.732. The molecule has 0 aliphatic rings. The van der Waals surface area contributed by atoms with E-state index in [2.05, 4.69) is 5.32 Å². The molecule has 0 aliphatic heterocycles. The molecule has 1 aromatic rings. The molecule has 110 valence electrons. The molecule has 0 bridgehead atoms. The summed E-state index contributed by atoms with van der Waals surface area (Å²) >= 11 is 2.02. The third-order valence-corrected chi connectivity index (χ3v) is 3.56. The zero-order chi connectivity index (χ0) is 15.3. The molecular formula is C14H18INO4. The lowest BCUT2D eigenvalue weighted by molar-refractivity contribution is -0.124. The molecule has 1 rings (SSSR count). The summed E-state index contributed by atoms with van der Waals surface area (Å²) in [5.41, 5.74) is -0.248. The van der Waals surface area contributed by atoms with Crippen molar-refractivity contribution < 1.29 is 19.4 Å². The number of aromatic carboxylic acids is 1. The molecule has 5 nitrogen and oxygen atoms in total. The minimum absolute atomic E-state index is 0.0550. The van der Waals surface area contributed by atoms with E-state index in [1.807, 2.05) is 43.4 Å². The fourth-order valence-corrected chi connectivity index (χ4v) is 1.93. The molecule has 0 aliphatic carbocycles. The van der Waals surface area contributed by atoms with Crippen molar-refractivity contribution in [2.75, 3.05) is 6.61 Å². The van der Waals surface area contributed by atoms with Gasteiger partial charge in [-0.2, -0.15) is 0 Å². The second-order valence-corrected chi connectivity index (χ2v) is 6.27. The highest BCUT2D eigenvalue weighted by molar-refractivity contribution is 14.1. The van der Waals surface area contributed by atoms with Crippen molar-refractivity contribution in [1.82, 2.24) is 5.32 Å². The zero-order valence-electron chi connectivity index (χ0n) is 11.7. The van der Waals surface area contributed by atoms with Crippen molar-refractivity contribution in [3.63, 3.8) is 0 Å². The molecule has 0 radical (unpaired) electrons. The Kier molecular flexibility index (Phi) is 5.79. The molecule has 0 heterocycles. The fourth-order valence-electron chi connectivity index (χ4n) is 1.44. The molecular weight excluding hydrogens is 373 g/mol. The molecule has 1 amide bonds. The first-order valence-corrected chi connectivity index (χ1v) is 7.29. The highest BCUT2D eigenvalue weighted by Crippen LogP contribution is 2.21. The zero-order valence-corrected chi connectivity index (χ0v) is 13.9. The van der Waals surface area contributed by atoms with Crippen LogP contribution in [0, 0.1) is 3.57 Å². The van der Waals surface area contributed by atoms with Gasteiger partial charge in [0.05, 0.1) is 0 Å². The number of halogens is 1. The van der Waals surface area contributed by atoms with Gasteiger partial charge < -0.3 is 15.2 Å². The van der Waals surface area contributed by atoms with Gasteiger partial charge in [0, 0.05) is 9.11 Å². The van der Waals surface area contributed by atoms with Gasteiger partial charge in [0.25, 0.3) is 5.91 Å². The molecule has 6 heteroatoms. The van der Waals surface area contributed by atoms with Gasteiger partial charge in [0.2, 0.25) is 0 Å². The van der Waals surface area contributed by atoms with Gasteiger partial charge in [0.15, 0.2) is 6.61 Å². The van der Waals surface area contributed by atoms with Crippen molar-refractivity contribution in [3.8, 4) is 5.75 Å². The Hall–Kier alpha value is -1.31. The van der Waals surface area contributed by atoms with E-state index < -0.39 is 5.97 Å². The van der Waals surface area contributed by atoms with E-state index in [0.29, 0.717) is 0 Å². The maximum atomic E-state index is 11.8. The van der Waals surface area contributed by atoms with Crippen LogP contribution in [0.25, 0.3) is 0 Å². The summed E-state index contributed by atoms with van der Waals surface area (Å²) in [7, 11) is 0. The maximum Gasteiger partial charge on any atom is 0.339 e. The number of carboxylic acid groups (broad SMARTS) is 1. The number of carbonyl (C=O) groups is 2. The topological polar surface area (TPSA) is 75.6 Å². The Morgan fingerprint density at radius 2 is 2.05 bits per heavy atom. The van der Waals surface area contributed by atoms with E-state index in [9.17, 15) is 9.59 Å². The van der Waals surface area contributed by atoms with E-state index in [-0.39, 0.29) is 29.4 Å². The number of hydrogen-bond acceptors (Lipinski definition) is 3. The van der Waals surface area contributed by atoms with Crippen LogP contribution in [0.2, 0.25) is 0 Å². The van der Waals surface area contributed by atoms with Gasteiger partial charge in [-0.15, -0.1) is 0 Å². The number of carbonyl (C=O) groups excluding carboxylic acids is 1. The van der Waals surface area contributed by atoms with E-state index in [1.165, 1.54) is 6.07 Å². The van der Waals surface area contributed by atoms with Gasteiger partial charge in [0.1, 0.15) is 11.3 Å². The third-order valence-electron chi connectivity index (χ3n) is 2.89. The average Bonchev–Trinajstić information content (AvgIpc) is 2.36. The molecule has 2 N–H and O–H groups in total. The summed E-state index contributed by atoms with van der Waals surface area (Å²) in [6.07, 6.45) is 0.794. The first-order valence-electron chi connectivity index (χ1n) is 6.22. The van der Waals surface area contributed by atoms with Crippen molar-refractivity contribution in [3.05, 3.63) is 27.3 Å². The van der Waals surface area contributed by atoms with Crippen LogP contribution in [0.5, 0.6) is 5.75 Å². The van der Waals surface area contributed by atoms with Gasteiger partial charge in [-0.25, -0.2) is 4.79 Å². The Labute approximate surface area is 131 Å². The predicted octanol–water partition coefficient (Wildman–Crippen LogP) is 2.67. The number of ether oxygens (including phenoxy) is 1. The molecule has 0 atom stereocenters. The summed E-state index contributed by atoms with van der Waals surface area (Å²) in [6, 6.07) is 4.80. The van der Waals surface area contributed by atoms with E-state index in [0.717, 1.165) is 9.99 Å². The molecule has 1 aromatic carbocycles. The van der Waals surface area contributed by atoms with Crippen LogP contribution >= 0.6 is 22.6 Å². The normalized spacial score (nSPS) is 11.0. The standard InChI is InChI=1S/C14H18INO4/c1-4-14(2,3)16-12(17)8-20-11-6-5-9(15)7-10(11)13(18)19/h5-7H,4,8H2,1-3H3,(H,16,17)(H,18,19). The SMILES string of the molecule is CCC(C)(C)NC(=O)COc1ccc(I)cc1C(=O)O. The van der Waals surface area contributed by atoms with Gasteiger partial charge in [-0.3, -0.25) is 4.79 Å². The maximum absolute atomic E-state index is 11.8. The monoisotopic (exact) mass is 391 g/mol. The van der Waals surface area contributed by atoms with Gasteiger partial charge in [-0.1, -0.05) is 6.92 Å². The summed E-state index contributed by atoms with van der Waals surface area (Å²) < 4.78 is 6.10. The number of hydrogen-bond donors (Lipinski definition) is 2. The van der Waals surface area contributed by atoms with E-state index >= 15 is 0 Å². The van der Waals surface area contributed by atoms with Crippen LogP contribution in [-0.4, -0.2) is 29.1 Å². The van der Waals surface area contributed by atoms with E-state index in [4.69, 9.17) is 9.84 Å². The first kappa shape index (κ1) is 16.7. The van der Waals surface area contributed by atoms with Crippen LogP contribution in [-0.2, 0) is 4.79 Å². The number of amides is 1. The molecule has 0 saturated heterocycles. The minimum Gasteiger partial charge on any atom is -0.483 e. The lowest BCUT2D eigenvalue weighted by Gasteiger charge is -2.24. The molecule has 0 spiro atoms. The second kappa shape index (κ2) is 6.92. The number of carboxylic acids is 1. The molecule has 0 fully saturated rings. The summed E-state index contributed by atoms with van der Waals surface area (Å²) in [5.74, 6) is -1.15. The van der Waals surface area contributed by atoms with Crippen molar-refractivity contribution in [1.29, 1.82) is 0 Å². The van der Waals surface area contributed by atoms with Crippen molar-refractivity contribution >= 4 is 34.5 Å². The molecule has 0 saturated carbocycles. The van der Waals surface area contributed by atoms with Crippen LogP contribution in [0.3, 0.4) is 0 Å². The number of nitrogens with one attached hydrogen (secondary N) is 1. The van der Waals surface area contributed by atoms with Gasteiger partial charge >= 0.3 is 5.97 Å². The summed E-state index contributed by atoms with van der Waals surface area (Å²) in [5, 5.41) is 11.9. The third kappa shape index (κ3) is 4.99. The van der Waals surface area contributed by atoms with Crippen LogP contribution in [0.15, 0.2) is 18.2 Å². The van der Waals surface area contributed by atoms with Crippen LogP contribution < -0.4 is 10.1 Å². The first-order chi connectivity index (χ1) is 9.25. The Morgan fingerprint density at radius 1 is 1.40 bits per heavy atom. The van der Waals surface area contributed by atoms with Crippen LogP contribution in [0.4, 0.5) is 0 Å². The largest absolute Gasteiger partial charge is 0.483 e. The summed E-state index contributed by atoms with van der Waals surface area (Å²) in [4.78, 5) is 22.9. The van der Waals surface area contributed by atoms with Gasteiger partial charge in [-0.05, 0) is 61.1 Å². The molecule has 0 aromatic heterocycles. The lowest BCUT2D eigenvalue weighted by Crippen LogP contribution is -2.44. The lowest BCUT2D eigenvalue weighted by atomic mass is 10.0. The average molecular weight is 391 g/mol.